The molecule has 0 saturated heterocycles. The van der Waals surface area contributed by atoms with Gasteiger partial charge in [0, 0.05) is 16.5 Å². The molecule has 3 rings (SSSR count). The minimum Gasteiger partial charge on any atom is -0.253 e. The van der Waals surface area contributed by atoms with E-state index in [4.69, 9.17) is 11.6 Å². The van der Waals surface area contributed by atoms with Crippen LogP contribution in [0.3, 0.4) is 0 Å². The van der Waals surface area contributed by atoms with Crippen LogP contribution in [0.15, 0.2) is 52.9 Å². The maximum Gasteiger partial charge on any atom is 0.203 e. The lowest BCUT2D eigenvalue weighted by Gasteiger charge is -2.00. The summed E-state index contributed by atoms with van der Waals surface area (Å²) < 4.78 is 26.8. The van der Waals surface area contributed by atoms with Crippen molar-refractivity contribution < 1.29 is 8.78 Å². The number of nitrogens with one attached hydrogen (secondary N) is 1. The number of thiazole rings is 1. The number of rotatable bonds is 4. The number of benzene rings is 2. The average molecular weight is 350 g/mol. The second-order valence-corrected chi connectivity index (χ2v) is 5.77. The third kappa shape index (κ3) is 3.55. The molecule has 7 heteroatoms. The molecule has 0 aliphatic carbocycles. The number of aromatic nitrogens is 1. The quantitative estimate of drug-likeness (QED) is 0.400. The second kappa shape index (κ2) is 6.85. The molecule has 0 amide bonds. The van der Waals surface area contributed by atoms with Crippen LogP contribution < -0.4 is 5.43 Å². The predicted molar refractivity (Wildman–Crippen MR) is 90.1 cm³/mol. The van der Waals surface area contributed by atoms with Crippen LogP contribution in [0.5, 0.6) is 0 Å². The third-order valence-electron chi connectivity index (χ3n) is 3.00. The largest absolute Gasteiger partial charge is 0.253 e. The minimum atomic E-state index is -0.846. The molecule has 0 unspecified atom stereocenters. The van der Waals surface area contributed by atoms with Gasteiger partial charge in [0.1, 0.15) is 10.8 Å². The zero-order chi connectivity index (χ0) is 16.2. The summed E-state index contributed by atoms with van der Waals surface area (Å²) in [6.45, 7) is 0. The van der Waals surface area contributed by atoms with Crippen molar-refractivity contribution in [3.05, 3.63) is 70.1 Å². The summed E-state index contributed by atoms with van der Waals surface area (Å²) >= 11 is 6.88. The molecule has 0 aliphatic rings. The SMILES string of the molecule is Fc1ccc(C=NNc2nc(-c3ccccc3)cs2)c(F)c1Cl. The fraction of sp³-hybridized carbons (Fsp3) is 0. The van der Waals surface area contributed by atoms with Gasteiger partial charge in [0.05, 0.1) is 11.9 Å². The van der Waals surface area contributed by atoms with Crippen LogP contribution in [0.4, 0.5) is 13.9 Å². The van der Waals surface area contributed by atoms with Gasteiger partial charge in [-0.2, -0.15) is 5.10 Å². The van der Waals surface area contributed by atoms with E-state index in [1.54, 1.807) is 0 Å². The molecule has 0 fully saturated rings. The zero-order valence-electron chi connectivity index (χ0n) is 11.6. The van der Waals surface area contributed by atoms with Gasteiger partial charge in [0.15, 0.2) is 5.82 Å². The van der Waals surface area contributed by atoms with E-state index in [1.807, 2.05) is 35.7 Å². The van der Waals surface area contributed by atoms with E-state index in [9.17, 15) is 8.78 Å². The molecule has 3 aromatic rings. The van der Waals surface area contributed by atoms with Gasteiger partial charge in [0.2, 0.25) is 5.13 Å². The molecule has 1 aromatic heterocycles. The number of hydrazone groups is 1. The minimum absolute atomic E-state index is 0.0868. The Labute approximate surface area is 140 Å². The Kier molecular flexibility index (Phi) is 4.64. The van der Waals surface area contributed by atoms with Gasteiger partial charge in [-0.05, 0) is 12.1 Å². The summed E-state index contributed by atoms with van der Waals surface area (Å²) in [4.78, 5) is 4.38. The van der Waals surface area contributed by atoms with Crippen LogP contribution in [-0.4, -0.2) is 11.2 Å². The Bertz CT molecular complexity index is 850. The van der Waals surface area contributed by atoms with Crippen molar-refractivity contribution in [2.75, 3.05) is 5.43 Å². The van der Waals surface area contributed by atoms with Crippen LogP contribution >= 0.6 is 22.9 Å². The highest BCUT2D eigenvalue weighted by Gasteiger charge is 2.10. The Balaban J connectivity index is 1.72. The molecule has 3 nitrogen and oxygen atoms in total. The van der Waals surface area contributed by atoms with E-state index in [1.165, 1.54) is 23.6 Å². The van der Waals surface area contributed by atoms with E-state index < -0.39 is 16.7 Å². The summed E-state index contributed by atoms with van der Waals surface area (Å²) in [5, 5.41) is 5.81. The summed E-state index contributed by atoms with van der Waals surface area (Å²) in [6, 6.07) is 12.1. The van der Waals surface area contributed by atoms with Crippen molar-refractivity contribution in [1.82, 2.24) is 4.98 Å². The van der Waals surface area contributed by atoms with E-state index in [0.717, 1.165) is 17.3 Å². The first-order valence-electron chi connectivity index (χ1n) is 6.58. The first kappa shape index (κ1) is 15.6. The number of halogens is 3. The maximum atomic E-state index is 13.7. The molecule has 0 bridgehead atoms. The zero-order valence-corrected chi connectivity index (χ0v) is 13.2. The van der Waals surface area contributed by atoms with E-state index in [-0.39, 0.29) is 5.56 Å². The van der Waals surface area contributed by atoms with Crippen molar-refractivity contribution in [3.8, 4) is 11.3 Å². The maximum absolute atomic E-state index is 13.7. The van der Waals surface area contributed by atoms with Crippen LogP contribution in [0, 0.1) is 11.6 Å². The van der Waals surface area contributed by atoms with E-state index >= 15 is 0 Å². The van der Waals surface area contributed by atoms with Crippen molar-refractivity contribution in [2.45, 2.75) is 0 Å². The molecule has 2 aromatic carbocycles. The first-order chi connectivity index (χ1) is 11.1. The molecule has 0 radical (unpaired) electrons. The first-order valence-corrected chi connectivity index (χ1v) is 7.84. The van der Waals surface area contributed by atoms with Crippen molar-refractivity contribution >= 4 is 34.3 Å². The predicted octanol–water partition coefficient (Wildman–Crippen LogP) is 5.19. The van der Waals surface area contributed by atoms with E-state index in [2.05, 4.69) is 15.5 Å². The fourth-order valence-corrected chi connectivity index (χ4v) is 2.70. The van der Waals surface area contributed by atoms with Gasteiger partial charge in [-0.15, -0.1) is 11.3 Å². The average Bonchev–Trinajstić information content (AvgIpc) is 3.05. The standard InChI is InChI=1S/C16H10ClF2N3S/c17-14-12(18)7-6-11(15(14)19)8-20-22-16-21-13(9-23-16)10-4-2-1-3-5-10/h1-9H,(H,21,22). The van der Waals surface area contributed by atoms with Gasteiger partial charge < -0.3 is 0 Å². The van der Waals surface area contributed by atoms with Crippen molar-refractivity contribution in [1.29, 1.82) is 0 Å². The Morgan fingerprint density at radius 2 is 1.91 bits per heavy atom. The molecular weight excluding hydrogens is 340 g/mol. The van der Waals surface area contributed by atoms with Gasteiger partial charge in [0.25, 0.3) is 0 Å². The van der Waals surface area contributed by atoms with Crippen LogP contribution in [0.2, 0.25) is 5.02 Å². The highest BCUT2D eigenvalue weighted by atomic mass is 35.5. The number of hydrogen-bond acceptors (Lipinski definition) is 4. The van der Waals surface area contributed by atoms with Crippen molar-refractivity contribution in [3.63, 3.8) is 0 Å². The molecule has 0 saturated carbocycles. The lowest BCUT2D eigenvalue weighted by Crippen LogP contribution is -1.95. The molecule has 1 heterocycles. The third-order valence-corrected chi connectivity index (χ3v) is 4.10. The highest BCUT2D eigenvalue weighted by molar-refractivity contribution is 7.14. The Morgan fingerprint density at radius 1 is 1.13 bits per heavy atom. The Morgan fingerprint density at radius 3 is 2.70 bits per heavy atom. The van der Waals surface area contributed by atoms with Gasteiger partial charge in [-0.3, -0.25) is 5.43 Å². The van der Waals surface area contributed by atoms with Crippen LogP contribution in [0.1, 0.15) is 5.56 Å². The monoisotopic (exact) mass is 349 g/mol. The molecule has 0 atom stereocenters. The highest BCUT2D eigenvalue weighted by Crippen LogP contribution is 2.25. The molecule has 23 heavy (non-hydrogen) atoms. The summed E-state index contributed by atoms with van der Waals surface area (Å²) in [5.74, 6) is -1.65. The summed E-state index contributed by atoms with van der Waals surface area (Å²) in [6.07, 6.45) is 1.23. The van der Waals surface area contributed by atoms with Crippen LogP contribution in [0.25, 0.3) is 11.3 Å². The fourth-order valence-electron chi connectivity index (χ4n) is 1.86. The topological polar surface area (TPSA) is 37.3 Å². The Hall–Kier alpha value is -2.31. The molecule has 0 aliphatic heterocycles. The summed E-state index contributed by atoms with van der Waals surface area (Å²) in [5.41, 5.74) is 4.63. The number of anilines is 1. The van der Waals surface area contributed by atoms with Gasteiger partial charge in [-0.25, -0.2) is 13.8 Å². The molecule has 1 N–H and O–H groups in total. The van der Waals surface area contributed by atoms with Crippen molar-refractivity contribution in [2.24, 2.45) is 5.10 Å². The number of nitrogens with zero attached hydrogens (tertiary/aromatic N) is 2. The van der Waals surface area contributed by atoms with Crippen LogP contribution in [-0.2, 0) is 0 Å². The molecule has 0 spiro atoms. The second-order valence-electron chi connectivity index (χ2n) is 4.54. The lowest BCUT2D eigenvalue weighted by atomic mass is 10.2. The molecular formula is C16H10ClF2N3S. The normalized spacial score (nSPS) is 11.1. The number of hydrogen-bond donors (Lipinski definition) is 1. The van der Waals surface area contributed by atoms with Gasteiger partial charge in [-0.1, -0.05) is 41.9 Å². The summed E-state index contributed by atoms with van der Waals surface area (Å²) in [7, 11) is 0. The molecule has 116 valence electrons. The van der Waals surface area contributed by atoms with E-state index in [0.29, 0.717) is 5.13 Å². The van der Waals surface area contributed by atoms with Gasteiger partial charge >= 0.3 is 0 Å². The lowest BCUT2D eigenvalue weighted by molar-refractivity contribution is 0.583. The smallest absolute Gasteiger partial charge is 0.203 e.